The van der Waals surface area contributed by atoms with Crippen molar-refractivity contribution in [3.63, 3.8) is 0 Å². The second-order valence-electron chi connectivity index (χ2n) is 7.30. The van der Waals surface area contributed by atoms with Crippen LogP contribution in [0.2, 0.25) is 0 Å². The molecule has 154 valence electrons. The number of hydrogen-bond acceptors (Lipinski definition) is 5. The minimum Gasteiger partial charge on any atom is -0.465 e. The van der Waals surface area contributed by atoms with Crippen LogP contribution in [0.3, 0.4) is 0 Å². The van der Waals surface area contributed by atoms with Crippen molar-refractivity contribution < 1.29 is 19.1 Å². The van der Waals surface area contributed by atoms with Crippen LogP contribution in [0.4, 0.5) is 11.4 Å². The summed E-state index contributed by atoms with van der Waals surface area (Å²) in [5.74, 6) is -0.598. The van der Waals surface area contributed by atoms with Gasteiger partial charge in [0.2, 0.25) is 5.91 Å². The number of nitrogens with one attached hydrogen (secondary N) is 1. The van der Waals surface area contributed by atoms with Crippen LogP contribution >= 0.6 is 0 Å². The third-order valence-electron chi connectivity index (χ3n) is 5.18. The van der Waals surface area contributed by atoms with Crippen molar-refractivity contribution in [2.75, 3.05) is 43.6 Å². The Kier molecular flexibility index (Phi) is 6.88. The Morgan fingerprint density at radius 3 is 2.55 bits per heavy atom. The molecule has 1 saturated heterocycles. The lowest BCUT2D eigenvalue weighted by molar-refractivity contribution is -0.116. The maximum atomic E-state index is 12.5. The monoisotopic (exact) mass is 396 g/mol. The van der Waals surface area contributed by atoms with Crippen molar-refractivity contribution in [1.29, 1.82) is 0 Å². The van der Waals surface area contributed by atoms with E-state index in [1.54, 1.807) is 12.1 Å². The number of rotatable bonds is 6. The van der Waals surface area contributed by atoms with E-state index in [0.29, 0.717) is 37.3 Å². The van der Waals surface area contributed by atoms with Gasteiger partial charge >= 0.3 is 5.97 Å². The summed E-state index contributed by atoms with van der Waals surface area (Å²) in [4.78, 5) is 27.0. The topological polar surface area (TPSA) is 67.9 Å². The molecule has 1 N–H and O–H groups in total. The van der Waals surface area contributed by atoms with Gasteiger partial charge in [-0.15, -0.1) is 0 Å². The number of aryl methyl sites for hydroxylation is 3. The second-order valence-corrected chi connectivity index (χ2v) is 7.30. The Morgan fingerprint density at radius 2 is 1.86 bits per heavy atom. The van der Waals surface area contributed by atoms with E-state index >= 15 is 0 Å². The quantitative estimate of drug-likeness (QED) is 0.757. The molecule has 1 aliphatic rings. The zero-order chi connectivity index (χ0) is 20.8. The first kappa shape index (κ1) is 20.9. The normalized spacial score (nSPS) is 13.8. The van der Waals surface area contributed by atoms with Crippen molar-refractivity contribution >= 4 is 23.3 Å². The fraction of sp³-hybridized carbons (Fsp3) is 0.391. The molecular weight excluding hydrogens is 368 g/mol. The molecule has 0 saturated carbocycles. The Morgan fingerprint density at radius 1 is 1.10 bits per heavy atom. The number of anilines is 2. The highest BCUT2D eigenvalue weighted by Crippen LogP contribution is 2.25. The third kappa shape index (κ3) is 5.35. The number of esters is 1. The van der Waals surface area contributed by atoms with Crippen molar-refractivity contribution in [2.45, 2.75) is 26.7 Å². The lowest BCUT2D eigenvalue weighted by Gasteiger charge is -2.29. The van der Waals surface area contributed by atoms with E-state index < -0.39 is 5.97 Å². The lowest BCUT2D eigenvalue weighted by atomic mass is 10.0. The van der Waals surface area contributed by atoms with E-state index in [0.717, 1.165) is 24.3 Å². The summed E-state index contributed by atoms with van der Waals surface area (Å²) >= 11 is 0. The number of amides is 1. The van der Waals surface area contributed by atoms with Crippen LogP contribution in [-0.2, 0) is 20.7 Å². The van der Waals surface area contributed by atoms with Gasteiger partial charge < -0.3 is 19.7 Å². The summed E-state index contributed by atoms with van der Waals surface area (Å²) in [6.45, 7) is 6.96. The van der Waals surface area contributed by atoms with E-state index in [4.69, 9.17) is 9.47 Å². The Bertz CT molecular complexity index is 888. The van der Waals surface area contributed by atoms with E-state index in [1.807, 2.05) is 6.07 Å². The maximum absolute atomic E-state index is 12.5. The average Bonchev–Trinajstić information content (AvgIpc) is 2.73. The minimum absolute atomic E-state index is 0.130. The van der Waals surface area contributed by atoms with E-state index in [9.17, 15) is 9.59 Å². The van der Waals surface area contributed by atoms with Crippen LogP contribution in [0.25, 0.3) is 0 Å². The molecule has 3 rings (SSSR count). The van der Waals surface area contributed by atoms with E-state index in [1.165, 1.54) is 18.2 Å². The predicted octanol–water partition coefficient (Wildman–Crippen LogP) is 3.50. The standard InChI is InChI=1S/C23H28N2O4/c1-16-4-5-18(17(2)14-16)6-9-22(26)24-21-8-7-19(15-20(21)23(27)28-3)25-10-12-29-13-11-25/h4-5,7-8,14-15H,6,9-13H2,1-3H3,(H,24,26). The molecule has 0 spiro atoms. The third-order valence-corrected chi connectivity index (χ3v) is 5.18. The van der Waals surface area contributed by atoms with Gasteiger partial charge in [-0.1, -0.05) is 23.8 Å². The van der Waals surface area contributed by atoms with E-state index in [2.05, 4.69) is 42.3 Å². The lowest BCUT2D eigenvalue weighted by Crippen LogP contribution is -2.36. The number of carbonyl (C=O) groups is 2. The molecule has 29 heavy (non-hydrogen) atoms. The predicted molar refractivity (Wildman–Crippen MR) is 114 cm³/mol. The molecule has 2 aromatic rings. The van der Waals surface area contributed by atoms with Gasteiger partial charge in [0.1, 0.15) is 0 Å². The van der Waals surface area contributed by atoms with Gasteiger partial charge in [-0.3, -0.25) is 4.79 Å². The first-order valence-electron chi connectivity index (χ1n) is 9.89. The summed E-state index contributed by atoms with van der Waals surface area (Å²) in [6, 6.07) is 11.7. The summed E-state index contributed by atoms with van der Waals surface area (Å²) in [5, 5.41) is 2.87. The van der Waals surface area contributed by atoms with Crippen molar-refractivity contribution in [2.24, 2.45) is 0 Å². The van der Waals surface area contributed by atoms with E-state index in [-0.39, 0.29) is 5.91 Å². The van der Waals surface area contributed by atoms with Crippen LogP contribution in [0, 0.1) is 13.8 Å². The van der Waals surface area contributed by atoms with Gasteiger partial charge in [-0.2, -0.15) is 0 Å². The van der Waals surface area contributed by atoms with Gasteiger partial charge in [-0.05, 0) is 49.6 Å². The van der Waals surface area contributed by atoms with Gasteiger partial charge in [0, 0.05) is 25.2 Å². The molecule has 1 amide bonds. The number of nitrogens with zero attached hydrogens (tertiary/aromatic N) is 1. The number of hydrogen-bond donors (Lipinski definition) is 1. The van der Waals surface area contributed by atoms with Crippen LogP contribution < -0.4 is 10.2 Å². The highest BCUT2D eigenvalue weighted by atomic mass is 16.5. The molecule has 6 nitrogen and oxygen atoms in total. The zero-order valence-corrected chi connectivity index (χ0v) is 17.3. The SMILES string of the molecule is COC(=O)c1cc(N2CCOCC2)ccc1NC(=O)CCc1ccc(C)cc1C. The molecule has 0 radical (unpaired) electrons. The summed E-state index contributed by atoms with van der Waals surface area (Å²) < 4.78 is 10.3. The number of methoxy groups -OCH3 is 1. The molecule has 0 aromatic heterocycles. The Balaban J connectivity index is 1.71. The molecule has 1 aliphatic heterocycles. The number of morpholine rings is 1. The highest BCUT2D eigenvalue weighted by molar-refractivity contribution is 6.02. The highest BCUT2D eigenvalue weighted by Gasteiger charge is 2.18. The summed E-state index contributed by atoms with van der Waals surface area (Å²) in [5.41, 5.74) is 5.29. The molecule has 6 heteroatoms. The fourth-order valence-corrected chi connectivity index (χ4v) is 3.53. The molecule has 1 fully saturated rings. The maximum Gasteiger partial charge on any atom is 0.340 e. The number of ether oxygens (including phenoxy) is 2. The van der Waals surface area contributed by atoms with Crippen LogP contribution in [-0.4, -0.2) is 45.3 Å². The zero-order valence-electron chi connectivity index (χ0n) is 17.3. The van der Waals surface area contributed by atoms with Crippen LogP contribution in [0.1, 0.15) is 33.5 Å². The summed E-state index contributed by atoms with van der Waals surface area (Å²) in [7, 11) is 1.34. The number of benzene rings is 2. The van der Waals surface area contributed by atoms with Crippen molar-refractivity contribution in [1.82, 2.24) is 0 Å². The molecule has 2 aromatic carbocycles. The molecular formula is C23H28N2O4. The molecule has 0 atom stereocenters. The second kappa shape index (κ2) is 9.56. The smallest absolute Gasteiger partial charge is 0.340 e. The first-order chi connectivity index (χ1) is 14.0. The van der Waals surface area contributed by atoms with Crippen molar-refractivity contribution in [3.05, 3.63) is 58.7 Å². The Hall–Kier alpha value is -2.86. The minimum atomic E-state index is -0.468. The largest absolute Gasteiger partial charge is 0.465 e. The molecule has 1 heterocycles. The average molecular weight is 396 g/mol. The van der Waals surface area contributed by atoms with Crippen LogP contribution in [0.15, 0.2) is 36.4 Å². The number of carbonyl (C=O) groups excluding carboxylic acids is 2. The first-order valence-corrected chi connectivity index (χ1v) is 9.89. The Labute approximate surface area is 171 Å². The molecule has 0 bridgehead atoms. The van der Waals surface area contributed by atoms with Gasteiger partial charge in [0.05, 0.1) is 31.6 Å². The summed E-state index contributed by atoms with van der Waals surface area (Å²) in [6.07, 6.45) is 0.993. The molecule has 0 unspecified atom stereocenters. The van der Waals surface area contributed by atoms with Crippen LogP contribution in [0.5, 0.6) is 0 Å². The van der Waals surface area contributed by atoms with Gasteiger partial charge in [0.15, 0.2) is 0 Å². The molecule has 0 aliphatic carbocycles. The van der Waals surface area contributed by atoms with Crippen molar-refractivity contribution in [3.8, 4) is 0 Å². The van der Waals surface area contributed by atoms with Gasteiger partial charge in [-0.25, -0.2) is 4.79 Å². The fourth-order valence-electron chi connectivity index (χ4n) is 3.53. The van der Waals surface area contributed by atoms with Gasteiger partial charge in [0.25, 0.3) is 0 Å².